The fourth-order valence-electron chi connectivity index (χ4n) is 0.912. The first-order chi connectivity index (χ1) is 6.65. The van der Waals surface area contributed by atoms with Crippen molar-refractivity contribution in [3.8, 4) is 0 Å². The van der Waals surface area contributed by atoms with Gasteiger partial charge in [-0.1, -0.05) is 6.07 Å². The summed E-state index contributed by atoms with van der Waals surface area (Å²) in [6.07, 6.45) is 2.17. The van der Waals surface area contributed by atoms with Crippen molar-refractivity contribution < 1.29 is 13.6 Å². The van der Waals surface area contributed by atoms with E-state index in [2.05, 4.69) is 5.32 Å². The van der Waals surface area contributed by atoms with Crippen molar-refractivity contribution in [2.75, 3.05) is 7.05 Å². The van der Waals surface area contributed by atoms with Crippen LogP contribution >= 0.6 is 0 Å². The van der Waals surface area contributed by atoms with E-state index in [1.807, 2.05) is 0 Å². The largest absolute Gasteiger partial charge is 0.356 e. The van der Waals surface area contributed by atoms with Crippen LogP contribution in [0.2, 0.25) is 0 Å². The molecule has 1 N–H and O–H groups in total. The zero-order chi connectivity index (χ0) is 10.6. The number of carbonyl (C=O) groups excluding carboxylic acids is 1. The Morgan fingerprint density at radius 3 is 2.43 bits per heavy atom. The number of likely N-dealkylation sites (N-methyl/N-ethyl adjacent to an activating group) is 1. The van der Waals surface area contributed by atoms with Crippen molar-refractivity contribution >= 4 is 12.0 Å². The first-order valence-electron chi connectivity index (χ1n) is 3.99. The van der Waals surface area contributed by atoms with Gasteiger partial charge < -0.3 is 5.32 Å². The second-order valence-electron chi connectivity index (χ2n) is 2.58. The zero-order valence-electron chi connectivity index (χ0n) is 7.55. The average Bonchev–Trinajstić information content (AvgIpc) is 2.16. The predicted molar refractivity (Wildman–Crippen MR) is 49.5 cm³/mol. The van der Waals surface area contributed by atoms with Gasteiger partial charge in [-0.2, -0.15) is 0 Å². The van der Waals surface area contributed by atoms with Gasteiger partial charge in [-0.3, -0.25) is 4.79 Å². The van der Waals surface area contributed by atoms with Crippen LogP contribution in [0.3, 0.4) is 0 Å². The fourth-order valence-corrected chi connectivity index (χ4v) is 0.912. The maximum Gasteiger partial charge on any atom is 0.243 e. The lowest BCUT2D eigenvalue weighted by Crippen LogP contribution is -2.13. The second-order valence-corrected chi connectivity index (χ2v) is 2.58. The SMILES string of the molecule is CNC(=O)/C=C/c1c(F)cccc1F. The molecule has 2 nitrogen and oxygen atoms in total. The Bertz CT molecular complexity index is 354. The maximum atomic E-state index is 13.0. The molecule has 0 aliphatic heterocycles. The third-order valence-electron chi connectivity index (χ3n) is 1.65. The summed E-state index contributed by atoms with van der Waals surface area (Å²) in [6, 6.07) is 3.53. The minimum atomic E-state index is -0.690. The standard InChI is InChI=1S/C10H9F2NO/c1-13-10(14)6-5-7-8(11)3-2-4-9(7)12/h2-6H,1H3,(H,13,14)/b6-5+. The molecule has 0 fully saturated rings. The molecule has 1 rings (SSSR count). The summed E-state index contributed by atoms with van der Waals surface area (Å²) >= 11 is 0. The molecule has 0 bridgehead atoms. The summed E-state index contributed by atoms with van der Waals surface area (Å²) in [6.45, 7) is 0. The lowest BCUT2D eigenvalue weighted by molar-refractivity contribution is -0.115. The zero-order valence-corrected chi connectivity index (χ0v) is 7.55. The topological polar surface area (TPSA) is 29.1 Å². The molecule has 0 radical (unpaired) electrons. The van der Waals surface area contributed by atoms with E-state index in [-0.39, 0.29) is 5.56 Å². The molecular weight excluding hydrogens is 188 g/mol. The Morgan fingerprint density at radius 2 is 1.93 bits per heavy atom. The summed E-state index contributed by atoms with van der Waals surface area (Å²) < 4.78 is 26.0. The van der Waals surface area contributed by atoms with Crippen molar-refractivity contribution in [2.24, 2.45) is 0 Å². The van der Waals surface area contributed by atoms with Crippen LogP contribution < -0.4 is 5.32 Å². The summed E-state index contributed by atoms with van der Waals surface area (Å²) in [5.74, 6) is -1.79. The van der Waals surface area contributed by atoms with Crippen LogP contribution in [0.4, 0.5) is 8.78 Å². The first-order valence-corrected chi connectivity index (χ1v) is 3.99. The number of nitrogens with one attached hydrogen (secondary N) is 1. The van der Waals surface area contributed by atoms with Crippen molar-refractivity contribution in [3.63, 3.8) is 0 Å². The summed E-state index contributed by atoms with van der Waals surface area (Å²) in [4.78, 5) is 10.8. The van der Waals surface area contributed by atoms with Crippen LogP contribution in [0.1, 0.15) is 5.56 Å². The molecule has 0 aromatic heterocycles. The Labute approximate surface area is 80.2 Å². The minimum absolute atomic E-state index is 0.212. The molecular formula is C10H9F2NO. The molecule has 14 heavy (non-hydrogen) atoms. The third kappa shape index (κ3) is 2.39. The van der Waals surface area contributed by atoms with Gasteiger partial charge >= 0.3 is 0 Å². The highest BCUT2D eigenvalue weighted by molar-refractivity contribution is 5.91. The summed E-state index contributed by atoms with van der Waals surface area (Å²) in [5, 5.41) is 2.30. The number of rotatable bonds is 2. The normalized spacial score (nSPS) is 10.5. The fraction of sp³-hybridized carbons (Fsp3) is 0.100. The highest BCUT2D eigenvalue weighted by Gasteiger charge is 2.04. The van der Waals surface area contributed by atoms with E-state index in [1.54, 1.807) is 0 Å². The Kier molecular flexibility index (Phi) is 3.34. The summed E-state index contributed by atoms with van der Waals surface area (Å²) in [7, 11) is 1.43. The number of hydrogen-bond donors (Lipinski definition) is 1. The number of halogens is 2. The van der Waals surface area contributed by atoms with Gasteiger partial charge in [0.1, 0.15) is 11.6 Å². The molecule has 1 aromatic rings. The van der Waals surface area contributed by atoms with Crippen LogP contribution in [0.15, 0.2) is 24.3 Å². The van der Waals surface area contributed by atoms with E-state index < -0.39 is 17.5 Å². The van der Waals surface area contributed by atoms with Crippen molar-refractivity contribution in [1.82, 2.24) is 5.32 Å². The quantitative estimate of drug-likeness (QED) is 0.718. The number of hydrogen-bond acceptors (Lipinski definition) is 1. The highest BCUT2D eigenvalue weighted by atomic mass is 19.1. The number of benzene rings is 1. The maximum absolute atomic E-state index is 13.0. The van der Waals surface area contributed by atoms with E-state index in [0.717, 1.165) is 24.3 Å². The van der Waals surface area contributed by atoms with Gasteiger partial charge in [0.15, 0.2) is 0 Å². The van der Waals surface area contributed by atoms with Gasteiger partial charge in [0, 0.05) is 18.7 Å². The Hall–Kier alpha value is -1.71. The van der Waals surface area contributed by atoms with Crippen LogP contribution in [0, 0.1) is 11.6 Å². The molecule has 1 amide bonds. The van der Waals surface area contributed by atoms with Gasteiger partial charge in [-0.05, 0) is 18.2 Å². The molecule has 74 valence electrons. The third-order valence-corrected chi connectivity index (χ3v) is 1.65. The Balaban J connectivity index is 2.96. The van der Waals surface area contributed by atoms with Crippen LogP contribution in [0.5, 0.6) is 0 Å². The van der Waals surface area contributed by atoms with E-state index >= 15 is 0 Å². The smallest absolute Gasteiger partial charge is 0.243 e. The molecule has 0 saturated heterocycles. The molecule has 0 saturated carbocycles. The van der Waals surface area contributed by atoms with Crippen molar-refractivity contribution in [3.05, 3.63) is 41.5 Å². The summed E-state index contributed by atoms with van der Waals surface area (Å²) in [5.41, 5.74) is -0.212. The molecule has 4 heteroatoms. The van der Waals surface area contributed by atoms with Crippen LogP contribution in [0.25, 0.3) is 6.08 Å². The van der Waals surface area contributed by atoms with Crippen molar-refractivity contribution in [1.29, 1.82) is 0 Å². The molecule has 0 unspecified atom stereocenters. The first kappa shape index (κ1) is 10.4. The van der Waals surface area contributed by atoms with E-state index in [0.29, 0.717) is 0 Å². The Morgan fingerprint density at radius 1 is 1.36 bits per heavy atom. The molecule has 0 spiro atoms. The lowest BCUT2D eigenvalue weighted by atomic mass is 10.2. The molecule has 0 aliphatic carbocycles. The number of carbonyl (C=O) groups is 1. The predicted octanol–water partition coefficient (Wildman–Crippen LogP) is 1.72. The highest BCUT2D eigenvalue weighted by Crippen LogP contribution is 2.13. The molecule has 0 aliphatic rings. The second kappa shape index (κ2) is 4.50. The van der Waals surface area contributed by atoms with Crippen LogP contribution in [-0.4, -0.2) is 13.0 Å². The monoisotopic (exact) mass is 197 g/mol. The van der Waals surface area contributed by atoms with E-state index in [1.165, 1.54) is 13.1 Å². The van der Waals surface area contributed by atoms with E-state index in [4.69, 9.17) is 0 Å². The van der Waals surface area contributed by atoms with Gasteiger partial charge in [0.05, 0.1) is 0 Å². The molecule has 0 heterocycles. The molecule has 1 aromatic carbocycles. The lowest BCUT2D eigenvalue weighted by Gasteiger charge is -1.97. The van der Waals surface area contributed by atoms with Gasteiger partial charge in [0.2, 0.25) is 5.91 Å². The van der Waals surface area contributed by atoms with Gasteiger partial charge in [-0.25, -0.2) is 8.78 Å². The van der Waals surface area contributed by atoms with Gasteiger partial charge in [-0.15, -0.1) is 0 Å². The van der Waals surface area contributed by atoms with Crippen LogP contribution in [-0.2, 0) is 4.79 Å². The van der Waals surface area contributed by atoms with Crippen molar-refractivity contribution in [2.45, 2.75) is 0 Å². The molecule has 0 atom stereocenters. The average molecular weight is 197 g/mol. The van der Waals surface area contributed by atoms with Gasteiger partial charge in [0.25, 0.3) is 0 Å². The minimum Gasteiger partial charge on any atom is -0.356 e. The van der Waals surface area contributed by atoms with E-state index in [9.17, 15) is 13.6 Å². The number of amides is 1.